The highest BCUT2D eigenvalue weighted by molar-refractivity contribution is 5.80. The Hall–Kier alpha value is -2.04. The van der Waals surface area contributed by atoms with Gasteiger partial charge in [0.05, 0.1) is 6.20 Å². The average Bonchev–Trinajstić information content (AvgIpc) is 2.78. The van der Waals surface area contributed by atoms with Crippen molar-refractivity contribution in [3.05, 3.63) is 48.0 Å². The first-order valence-corrected chi connectivity index (χ1v) is 5.27. The number of Topliss-reactive ketones (excluding diaryl/α,β-unsaturated/α-hetero) is 1. The molecule has 1 heterocycles. The minimum Gasteiger partial charge on any atom is -0.298 e. The number of hydrogen-bond acceptors (Lipinski definition) is 3. The largest absolute Gasteiger partial charge is 0.298 e. The maximum atomic E-state index is 13.0. The van der Waals surface area contributed by atoms with Gasteiger partial charge in [-0.3, -0.25) is 4.79 Å². The van der Waals surface area contributed by atoms with Crippen LogP contribution in [-0.2, 0) is 11.2 Å². The Labute approximate surface area is 98.1 Å². The fraction of sp³-hybridized carbons (Fsp3) is 0.250. The summed E-state index contributed by atoms with van der Waals surface area (Å²) in [5.41, 5.74) is 0.765. The number of carbonyl (C=O) groups excluding carboxylic acids is 1. The summed E-state index contributed by atoms with van der Waals surface area (Å²) < 4.78 is 14.5. The van der Waals surface area contributed by atoms with Gasteiger partial charge in [0, 0.05) is 12.6 Å². The summed E-state index contributed by atoms with van der Waals surface area (Å²) in [5, 5.41) is 7.48. The standard InChI is InChI=1S/C12H12FN3O/c1-9(17)12(16-6-5-14-15-16)8-10-3-2-4-11(13)7-10/h2-7,12H,8H2,1H3. The molecule has 2 aromatic rings. The van der Waals surface area contributed by atoms with Crippen molar-refractivity contribution < 1.29 is 9.18 Å². The normalized spacial score (nSPS) is 12.4. The van der Waals surface area contributed by atoms with E-state index in [1.54, 1.807) is 18.3 Å². The minimum absolute atomic E-state index is 0.0280. The van der Waals surface area contributed by atoms with E-state index in [0.717, 1.165) is 5.56 Å². The van der Waals surface area contributed by atoms with E-state index in [9.17, 15) is 9.18 Å². The summed E-state index contributed by atoms with van der Waals surface area (Å²) in [6, 6.07) is 5.78. The number of halogens is 1. The van der Waals surface area contributed by atoms with Gasteiger partial charge in [-0.25, -0.2) is 9.07 Å². The van der Waals surface area contributed by atoms with Gasteiger partial charge in [0.1, 0.15) is 11.9 Å². The van der Waals surface area contributed by atoms with Gasteiger partial charge in [0.25, 0.3) is 0 Å². The highest BCUT2D eigenvalue weighted by Crippen LogP contribution is 2.15. The molecular formula is C12H12FN3O. The predicted octanol–water partition coefficient (Wildman–Crippen LogP) is 1.79. The third-order valence-corrected chi connectivity index (χ3v) is 2.55. The number of hydrogen-bond donors (Lipinski definition) is 0. The van der Waals surface area contributed by atoms with Crippen LogP contribution in [0.1, 0.15) is 18.5 Å². The second kappa shape index (κ2) is 4.86. The van der Waals surface area contributed by atoms with Crippen LogP contribution in [0.25, 0.3) is 0 Å². The van der Waals surface area contributed by atoms with Crippen molar-refractivity contribution in [2.75, 3.05) is 0 Å². The molecule has 0 radical (unpaired) electrons. The lowest BCUT2D eigenvalue weighted by atomic mass is 10.0. The molecular weight excluding hydrogens is 221 g/mol. The monoisotopic (exact) mass is 233 g/mol. The van der Waals surface area contributed by atoms with E-state index < -0.39 is 6.04 Å². The summed E-state index contributed by atoms with van der Waals surface area (Å²) in [6.45, 7) is 1.49. The number of ketones is 1. The zero-order chi connectivity index (χ0) is 12.3. The van der Waals surface area contributed by atoms with Crippen molar-refractivity contribution in [1.82, 2.24) is 15.0 Å². The summed E-state index contributed by atoms with van der Waals surface area (Å²) in [6.07, 6.45) is 3.56. The molecule has 0 amide bonds. The highest BCUT2D eigenvalue weighted by Gasteiger charge is 2.17. The summed E-state index contributed by atoms with van der Waals surface area (Å²) in [4.78, 5) is 11.5. The van der Waals surface area contributed by atoms with Crippen LogP contribution in [0.2, 0.25) is 0 Å². The van der Waals surface area contributed by atoms with Crippen molar-refractivity contribution in [3.8, 4) is 0 Å². The van der Waals surface area contributed by atoms with Crippen molar-refractivity contribution in [3.63, 3.8) is 0 Å². The molecule has 1 unspecified atom stereocenters. The van der Waals surface area contributed by atoms with Crippen LogP contribution in [0.5, 0.6) is 0 Å². The predicted molar refractivity (Wildman–Crippen MR) is 59.8 cm³/mol. The van der Waals surface area contributed by atoms with Gasteiger partial charge in [-0.05, 0) is 24.6 Å². The van der Waals surface area contributed by atoms with Crippen molar-refractivity contribution >= 4 is 5.78 Å². The maximum Gasteiger partial charge on any atom is 0.154 e. The second-order valence-electron chi connectivity index (χ2n) is 3.84. The first-order chi connectivity index (χ1) is 8.16. The number of rotatable bonds is 4. The first-order valence-electron chi connectivity index (χ1n) is 5.27. The van der Waals surface area contributed by atoms with E-state index in [1.165, 1.54) is 29.9 Å². The van der Waals surface area contributed by atoms with Crippen LogP contribution < -0.4 is 0 Å². The molecule has 2 rings (SSSR count). The molecule has 5 heteroatoms. The van der Waals surface area contributed by atoms with Gasteiger partial charge >= 0.3 is 0 Å². The van der Waals surface area contributed by atoms with Crippen LogP contribution in [0, 0.1) is 5.82 Å². The Balaban J connectivity index is 2.22. The molecule has 17 heavy (non-hydrogen) atoms. The number of nitrogens with zero attached hydrogens (tertiary/aromatic N) is 3. The molecule has 0 aliphatic carbocycles. The lowest BCUT2D eigenvalue weighted by molar-refractivity contribution is -0.120. The van der Waals surface area contributed by atoms with Crippen LogP contribution in [0.3, 0.4) is 0 Å². The average molecular weight is 233 g/mol. The molecule has 4 nitrogen and oxygen atoms in total. The van der Waals surface area contributed by atoms with E-state index in [-0.39, 0.29) is 11.6 Å². The summed E-state index contributed by atoms with van der Waals surface area (Å²) >= 11 is 0. The summed E-state index contributed by atoms with van der Waals surface area (Å²) in [7, 11) is 0. The van der Waals surface area contributed by atoms with Crippen LogP contribution in [0.15, 0.2) is 36.7 Å². The Morgan fingerprint density at radius 2 is 2.35 bits per heavy atom. The SMILES string of the molecule is CC(=O)C(Cc1cccc(F)c1)n1ccnn1. The molecule has 1 atom stereocenters. The van der Waals surface area contributed by atoms with Crippen molar-refractivity contribution in [1.29, 1.82) is 0 Å². The molecule has 0 fully saturated rings. The smallest absolute Gasteiger partial charge is 0.154 e. The lowest BCUT2D eigenvalue weighted by Crippen LogP contribution is -2.20. The summed E-state index contributed by atoms with van der Waals surface area (Å²) in [5.74, 6) is -0.330. The quantitative estimate of drug-likeness (QED) is 0.808. The number of aromatic nitrogens is 3. The van der Waals surface area contributed by atoms with Gasteiger partial charge in [-0.1, -0.05) is 17.3 Å². The van der Waals surface area contributed by atoms with Crippen LogP contribution in [0.4, 0.5) is 4.39 Å². The fourth-order valence-corrected chi connectivity index (χ4v) is 1.69. The molecule has 0 N–H and O–H groups in total. The van der Waals surface area contributed by atoms with E-state index >= 15 is 0 Å². The van der Waals surface area contributed by atoms with Gasteiger partial charge < -0.3 is 0 Å². The first kappa shape index (κ1) is 11.4. The van der Waals surface area contributed by atoms with Crippen molar-refractivity contribution in [2.45, 2.75) is 19.4 Å². The highest BCUT2D eigenvalue weighted by atomic mass is 19.1. The van der Waals surface area contributed by atoms with Gasteiger partial charge in [-0.15, -0.1) is 5.10 Å². The molecule has 1 aromatic heterocycles. The van der Waals surface area contributed by atoms with E-state index in [2.05, 4.69) is 10.3 Å². The third-order valence-electron chi connectivity index (χ3n) is 2.55. The molecule has 0 aliphatic heterocycles. The molecule has 0 aliphatic rings. The van der Waals surface area contributed by atoms with Crippen molar-refractivity contribution in [2.24, 2.45) is 0 Å². The Kier molecular flexibility index (Phi) is 3.27. The van der Waals surface area contributed by atoms with Gasteiger partial charge in [-0.2, -0.15) is 0 Å². The number of carbonyl (C=O) groups is 1. The molecule has 0 bridgehead atoms. The molecule has 1 aromatic carbocycles. The Bertz CT molecular complexity index is 510. The lowest BCUT2D eigenvalue weighted by Gasteiger charge is -2.13. The molecule has 88 valence electrons. The topological polar surface area (TPSA) is 47.8 Å². The molecule has 0 saturated heterocycles. The zero-order valence-electron chi connectivity index (χ0n) is 9.38. The fourth-order valence-electron chi connectivity index (χ4n) is 1.69. The Morgan fingerprint density at radius 1 is 1.53 bits per heavy atom. The third kappa shape index (κ3) is 2.75. The van der Waals surface area contributed by atoms with Gasteiger partial charge in [0.2, 0.25) is 0 Å². The van der Waals surface area contributed by atoms with E-state index in [4.69, 9.17) is 0 Å². The van der Waals surface area contributed by atoms with Gasteiger partial charge in [0.15, 0.2) is 5.78 Å². The number of benzene rings is 1. The molecule has 0 saturated carbocycles. The minimum atomic E-state index is -0.431. The maximum absolute atomic E-state index is 13.0. The second-order valence-corrected chi connectivity index (χ2v) is 3.84. The molecule has 0 spiro atoms. The Morgan fingerprint density at radius 3 is 2.94 bits per heavy atom. The van der Waals surface area contributed by atoms with Crippen LogP contribution in [-0.4, -0.2) is 20.8 Å². The van der Waals surface area contributed by atoms with E-state index in [0.29, 0.717) is 6.42 Å². The van der Waals surface area contributed by atoms with Crippen LogP contribution >= 0.6 is 0 Å². The zero-order valence-corrected chi connectivity index (χ0v) is 9.38. The van der Waals surface area contributed by atoms with E-state index in [1.807, 2.05) is 0 Å².